The standard InChI is InChI=1S/C10H12N4S.ClH.Cu/c1-2-6-12-10(15)14-13-8-9-5-3-4-7-11-9;;/h2-5,7-8H,1,6H2,(H2,12,14,15);1H;/q;;+2/p-2/b13-8+;;. The number of hydrogen-bond donors (Lipinski definition) is 1. The average molecular weight is 318 g/mol. The maximum absolute atomic E-state index is 4.88. The zero-order valence-electron chi connectivity index (χ0n) is 8.81. The Balaban J connectivity index is 0.00000121. The summed E-state index contributed by atoms with van der Waals surface area (Å²) in [4.78, 5) is 8.00. The minimum absolute atomic E-state index is 0.335. The Kier molecular flexibility index (Phi) is 10.9. The molecular weight excluding hydrogens is 307 g/mol. The summed E-state index contributed by atoms with van der Waals surface area (Å²) in [5.74, 6) is 0. The molecule has 4 nitrogen and oxygen atoms in total. The van der Waals surface area contributed by atoms with Crippen molar-refractivity contribution < 1.29 is 15.1 Å². The second kappa shape index (κ2) is 11.5. The fourth-order valence-electron chi connectivity index (χ4n) is 0.789. The second-order valence-electron chi connectivity index (χ2n) is 2.56. The van der Waals surface area contributed by atoms with Gasteiger partial charge in [0.05, 0.1) is 18.5 Å². The quantitative estimate of drug-likeness (QED) is 0.230. The number of halogens is 1. The molecule has 0 aliphatic heterocycles. The molecule has 0 saturated heterocycles. The summed E-state index contributed by atoms with van der Waals surface area (Å²) in [6.07, 6.45) is 4.94. The van der Waals surface area contributed by atoms with E-state index < -0.39 is 0 Å². The van der Waals surface area contributed by atoms with Gasteiger partial charge in [-0.3, -0.25) is 15.4 Å². The van der Waals surface area contributed by atoms with Crippen molar-refractivity contribution in [3.8, 4) is 0 Å². The summed E-state index contributed by atoms with van der Waals surface area (Å²) in [5.41, 5.74) is 3.37. The Hall–Kier alpha value is -0.941. The molecule has 0 saturated carbocycles. The van der Waals surface area contributed by atoms with Gasteiger partial charge in [0.25, 0.3) is 0 Å². The predicted octanol–water partition coefficient (Wildman–Crippen LogP) is 1.78. The minimum atomic E-state index is 0.335. The molecule has 1 aromatic heterocycles. The van der Waals surface area contributed by atoms with Crippen LogP contribution in [0.25, 0.3) is 0 Å². The average Bonchev–Trinajstić information content (AvgIpc) is 2.40. The molecule has 0 amide bonds. The molecule has 1 N–H and O–H groups in total. The van der Waals surface area contributed by atoms with Crippen LogP contribution in [0, 0.1) is 0 Å². The molecule has 0 unspecified atom stereocenters. The van der Waals surface area contributed by atoms with Crippen molar-refractivity contribution in [1.29, 1.82) is 0 Å². The van der Waals surface area contributed by atoms with Crippen molar-refractivity contribution in [2.75, 3.05) is 6.54 Å². The van der Waals surface area contributed by atoms with E-state index in [9.17, 15) is 0 Å². The monoisotopic (exact) mass is 317 g/mol. The molecule has 0 atom stereocenters. The molecule has 0 radical (unpaired) electrons. The zero-order valence-corrected chi connectivity index (χ0v) is 11.3. The van der Waals surface area contributed by atoms with Crippen LogP contribution in [0.5, 0.6) is 0 Å². The number of amidine groups is 1. The molecule has 1 rings (SSSR count). The first-order valence-corrected chi connectivity index (χ1v) is 6.17. The molecular formula is C10H11ClCuN4S. The van der Waals surface area contributed by atoms with Gasteiger partial charge in [-0.2, -0.15) is 5.10 Å². The van der Waals surface area contributed by atoms with Crippen LogP contribution in [-0.2, 0) is 27.7 Å². The van der Waals surface area contributed by atoms with Crippen LogP contribution in [0.1, 0.15) is 5.69 Å². The van der Waals surface area contributed by atoms with Gasteiger partial charge in [-0.05, 0) is 17.3 Å². The molecule has 0 aromatic carbocycles. The molecule has 1 heterocycles. The predicted molar refractivity (Wildman–Crippen MR) is 70.7 cm³/mol. The normalized spacial score (nSPS) is 10.6. The van der Waals surface area contributed by atoms with Gasteiger partial charge in [-0.1, -0.05) is 12.1 Å². The Bertz CT molecular complexity index is 370. The van der Waals surface area contributed by atoms with Crippen molar-refractivity contribution >= 4 is 34.1 Å². The van der Waals surface area contributed by atoms with Crippen LogP contribution < -0.4 is 5.43 Å². The summed E-state index contributed by atoms with van der Waals surface area (Å²) in [6, 6.07) is 5.57. The van der Waals surface area contributed by atoms with Crippen molar-refractivity contribution in [3.05, 3.63) is 42.7 Å². The van der Waals surface area contributed by atoms with Gasteiger partial charge in [0.15, 0.2) is 0 Å². The van der Waals surface area contributed by atoms with E-state index in [0.29, 0.717) is 11.7 Å². The third-order valence-corrected chi connectivity index (χ3v) is 1.63. The van der Waals surface area contributed by atoms with Crippen molar-refractivity contribution in [1.82, 2.24) is 10.4 Å². The SMILES string of the molecule is C=CCN=C([S-])N/N=C/c1ccccn1.[Cl][Cu+]. The van der Waals surface area contributed by atoms with Crippen LogP contribution >= 0.6 is 10.1 Å². The number of hydrogen-bond acceptors (Lipinski definition) is 4. The molecule has 17 heavy (non-hydrogen) atoms. The van der Waals surface area contributed by atoms with Crippen LogP contribution in [0.3, 0.4) is 0 Å². The molecule has 0 bridgehead atoms. The summed E-state index contributed by atoms with van der Waals surface area (Å²) >= 11 is 8.53. The molecule has 0 aliphatic carbocycles. The van der Waals surface area contributed by atoms with Crippen molar-refractivity contribution in [2.45, 2.75) is 0 Å². The number of aromatic nitrogens is 1. The maximum atomic E-state index is 4.88. The zero-order chi connectivity index (χ0) is 12.9. The fourth-order valence-corrected chi connectivity index (χ4v) is 0.916. The van der Waals surface area contributed by atoms with Gasteiger partial charge < -0.3 is 12.6 Å². The van der Waals surface area contributed by atoms with E-state index in [-0.39, 0.29) is 0 Å². The van der Waals surface area contributed by atoms with E-state index in [2.05, 4.69) is 52.3 Å². The summed E-state index contributed by atoms with van der Waals surface area (Å²) in [5, 5.41) is 4.22. The summed E-state index contributed by atoms with van der Waals surface area (Å²) in [6.45, 7) is 4.02. The molecule has 7 heteroatoms. The van der Waals surface area contributed by atoms with Gasteiger partial charge in [0.1, 0.15) is 0 Å². The van der Waals surface area contributed by atoms with Gasteiger partial charge in [0, 0.05) is 6.20 Å². The van der Waals surface area contributed by atoms with Crippen molar-refractivity contribution in [3.63, 3.8) is 0 Å². The Morgan fingerprint density at radius 2 is 2.35 bits per heavy atom. The molecule has 1 aromatic rings. The number of rotatable bonds is 4. The third-order valence-electron chi connectivity index (χ3n) is 1.41. The Morgan fingerprint density at radius 1 is 1.59 bits per heavy atom. The number of pyridine rings is 1. The Labute approximate surface area is 119 Å². The molecule has 0 aliphatic rings. The number of nitrogens with zero attached hydrogens (tertiary/aromatic N) is 3. The topological polar surface area (TPSA) is 49.6 Å². The van der Waals surface area contributed by atoms with Gasteiger partial charge in [-0.15, -0.1) is 6.58 Å². The van der Waals surface area contributed by atoms with E-state index in [1.54, 1.807) is 18.5 Å². The second-order valence-corrected chi connectivity index (χ2v) is 2.95. The summed E-state index contributed by atoms with van der Waals surface area (Å²) in [7, 11) is 4.20. The van der Waals surface area contributed by atoms with Crippen LogP contribution in [-0.4, -0.2) is 22.9 Å². The molecule has 0 spiro atoms. The van der Waals surface area contributed by atoms with E-state index in [1.165, 1.54) is 0 Å². The van der Waals surface area contributed by atoms with Gasteiger partial charge in [0.2, 0.25) is 0 Å². The number of aliphatic imine (C=N–C) groups is 1. The molecule has 0 fully saturated rings. The first-order chi connectivity index (χ1) is 8.33. The number of nitrogens with one attached hydrogen (secondary N) is 1. The van der Waals surface area contributed by atoms with Crippen LogP contribution in [0.4, 0.5) is 0 Å². The molecule has 95 valence electrons. The van der Waals surface area contributed by atoms with E-state index in [1.807, 2.05) is 18.2 Å². The van der Waals surface area contributed by atoms with Crippen LogP contribution in [0.2, 0.25) is 0 Å². The summed E-state index contributed by atoms with van der Waals surface area (Å²) < 4.78 is 0. The first kappa shape index (κ1) is 16.1. The first-order valence-electron chi connectivity index (χ1n) is 4.47. The van der Waals surface area contributed by atoms with E-state index >= 15 is 0 Å². The number of hydrazone groups is 1. The Morgan fingerprint density at radius 3 is 2.94 bits per heavy atom. The van der Waals surface area contributed by atoms with Crippen molar-refractivity contribution in [2.24, 2.45) is 10.1 Å². The fraction of sp³-hybridized carbons (Fsp3) is 0.100. The van der Waals surface area contributed by atoms with Crippen LogP contribution in [0.15, 0.2) is 47.1 Å². The van der Waals surface area contributed by atoms with E-state index in [4.69, 9.17) is 12.6 Å². The van der Waals surface area contributed by atoms with Gasteiger partial charge >= 0.3 is 25.2 Å². The van der Waals surface area contributed by atoms with E-state index in [0.717, 1.165) is 5.69 Å². The third kappa shape index (κ3) is 8.83. The van der Waals surface area contributed by atoms with Gasteiger partial charge in [-0.25, -0.2) is 0 Å².